The topological polar surface area (TPSA) is 49.8 Å². The van der Waals surface area contributed by atoms with Gasteiger partial charge in [-0.3, -0.25) is 4.79 Å². The van der Waals surface area contributed by atoms with Crippen LogP contribution in [0.2, 0.25) is 0 Å². The SMILES string of the molecule is C=C1CCC2C(C(=C)C)CC(=O)C2(C)CC2OC2(C)CCC1O. The van der Waals surface area contributed by atoms with Crippen molar-refractivity contribution in [3.05, 3.63) is 24.3 Å². The summed E-state index contributed by atoms with van der Waals surface area (Å²) in [5, 5.41) is 10.3. The van der Waals surface area contributed by atoms with Gasteiger partial charge in [-0.1, -0.05) is 25.7 Å². The highest BCUT2D eigenvalue weighted by molar-refractivity contribution is 5.88. The highest BCUT2D eigenvalue weighted by atomic mass is 16.6. The van der Waals surface area contributed by atoms with Crippen LogP contribution >= 0.6 is 0 Å². The molecule has 2 aliphatic carbocycles. The van der Waals surface area contributed by atoms with Crippen LogP contribution in [0, 0.1) is 17.3 Å². The smallest absolute Gasteiger partial charge is 0.139 e. The predicted octanol–water partition coefficient (Wildman–Crippen LogP) is 3.81. The first-order valence-corrected chi connectivity index (χ1v) is 8.89. The molecule has 1 N–H and O–H groups in total. The van der Waals surface area contributed by atoms with Crippen LogP contribution in [-0.2, 0) is 9.53 Å². The van der Waals surface area contributed by atoms with E-state index in [2.05, 4.69) is 27.0 Å². The summed E-state index contributed by atoms with van der Waals surface area (Å²) in [6, 6.07) is 0. The molecular weight excluding hydrogens is 288 g/mol. The standard InChI is InChI=1S/C20H30O3/c1-12(2)14-10-17(22)19(4)11-18-20(5,23-18)9-8-16(21)13(3)6-7-15(14)19/h14-16,18,21H,1,3,6-11H2,2,4-5H3. The van der Waals surface area contributed by atoms with Gasteiger partial charge in [0.25, 0.3) is 0 Å². The van der Waals surface area contributed by atoms with Crippen molar-refractivity contribution in [1.29, 1.82) is 0 Å². The molecular formula is C20H30O3. The number of aliphatic hydroxyl groups is 1. The number of fused-ring (bicyclic) bond motifs is 2. The number of ketones is 1. The second kappa shape index (κ2) is 5.56. The summed E-state index contributed by atoms with van der Waals surface area (Å²) in [7, 11) is 0. The van der Waals surface area contributed by atoms with Crippen LogP contribution in [0.4, 0.5) is 0 Å². The van der Waals surface area contributed by atoms with Crippen LogP contribution in [0.1, 0.15) is 59.3 Å². The van der Waals surface area contributed by atoms with Gasteiger partial charge < -0.3 is 9.84 Å². The lowest BCUT2D eigenvalue weighted by Crippen LogP contribution is -2.33. The maximum absolute atomic E-state index is 12.8. The molecule has 1 aliphatic heterocycles. The molecule has 3 rings (SSSR count). The first-order valence-electron chi connectivity index (χ1n) is 8.89. The Morgan fingerprint density at radius 2 is 2.04 bits per heavy atom. The van der Waals surface area contributed by atoms with Crippen molar-refractivity contribution >= 4 is 5.78 Å². The van der Waals surface area contributed by atoms with Crippen LogP contribution in [0.5, 0.6) is 0 Å². The lowest BCUT2D eigenvalue weighted by molar-refractivity contribution is -0.127. The van der Waals surface area contributed by atoms with Gasteiger partial charge in [0.2, 0.25) is 0 Å². The van der Waals surface area contributed by atoms with E-state index in [9.17, 15) is 9.90 Å². The number of epoxide rings is 1. The lowest BCUT2D eigenvalue weighted by atomic mass is 9.69. The normalized spacial score (nSPS) is 47.5. The molecule has 0 aromatic carbocycles. The number of ether oxygens (including phenoxy) is 1. The number of carbonyl (C=O) groups is 1. The van der Waals surface area contributed by atoms with E-state index in [1.54, 1.807) is 0 Å². The molecule has 3 heteroatoms. The highest BCUT2D eigenvalue weighted by Gasteiger charge is 2.60. The Hall–Kier alpha value is -0.930. The Morgan fingerprint density at radius 1 is 1.35 bits per heavy atom. The molecule has 0 radical (unpaired) electrons. The van der Waals surface area contributed by atoms with Gasteiger partial charge in [-0.2, -0.15) is 0 Å². The summed E-state index contributed by atoms with van der Waals surface area (Å²) in [5.74, 6) is 0.893. The van der Waals surface area contributed by atoms with Crippen LogP contribution < -0.4 is 0 Å². The monoisotopic (exact) mass is 318 g/mol. The Balaban J connectivity index is 1.92. The Bertz CT molecular complexity index is 551. The molecule has 3 fully saturated rings. The van der Waals surface area contributed by atoms with Gasteiger partial charge in [0.1, 0.15) is 5.78 Å². The third-order valence-corrected chi connectivity index (χ3v) is 6.79. The van der Waals surface area contributed by atoms with Crippen molar-refractivity contribution in [2.45, 2.75) is 77.1 Å². The number of aliphatic hydroxyl groups excluding tert-OH is 1. The summed E-state index contributed by atoms with van der Waals surface area (Å²) in [6.07, 6.45) is 4.32. The fraction of sp³-hybridized carbons (Fsp3) is 0.750. The minimum Gasteiger partial charge on any atom is -0.389 e. The Morgan fingerprint density at radius 3 is 2.70 bits per heavy atom. The number of carbonyl (C=O) groups excluding carboxylic acids is 1. The Kier molecular flexibility index (Phi) is 4.09. The van der Waals surface area contributed by atoms with Crippen molar-refractivity contribution in [2.24, 2.45) is 17.3 Å². The van der Waals surface area contributed by atoms with Crippen molar-refractivity contribution in [3.8, 4) is 0 Å². The molecule has 128 valence electrons. The zero-order chi connectivity index (χ0) is 17.0. The molecule has 0 spiro atoms. The molecule has 1 saturated heterocycles. The molecule has 0 amide bonds. The second-order valence-corrected chi connectivity index (χ2v) is 8.48. The van der Waals surface area contributed by atoms with Crippen molar-refractivity contribution < 1.29 is 14.6 Å². The van der Waals surface area contributed by atoms with E-state index < -0.39 is 6.10 Å². The molecule has 23 heavy (non-hydrogen) atoms. The van der Waals surface area contributed by atoms with E-state index in [1.807, 2.05) is 6.92 Å². The zero-order valence-electron chi connectivity index (χ0n) is 14.7. The minimum atomic E-state index is -0.457. The fourth-order valence-electron chi connectivity index (χ4n) is 4.82. The van der Waals surface area contributed by atoms with Gasteiger partial charge in [-0.05, 0) is 63.4 Å². The average molecular weight is 318 g/mol. The Labute approximate surface area is 139 Å². The molecule has 3 nitrogen and oxygen atoms in total. The van der Waals surface area contributed by atoms with Gasteiger partial charge in [0, 0.05) is 11.8 Å². The van der Waals surface area contributed by atoms with Crippen molar-refractivity contribution in [3.63, 3.8) is 0 Å². The van der Waals surface area contributed by atoms with Crippen LogP contribution in [0.15, 0.2) is 24.3 Å². The number of hydrogen-bond acceptors (Lipinski definition) is 3. The molecule has 6 unspecified atom stereocenters. The second-order valence-electron chi connectivity index (χ2n) is 8.48. The number of Topliss-reactive ketones (excluding diaryl/α,β-unsaturated/α-hetero) is 1. The lowest BCUT2D eigenvalue weighted by Gasteiger charge is -2.33. The van der Waals surface area contributed by atoms with Crippen LogP contribution in [-0.4, -0.2) is 28.7 Å². The summed E-state index contributed by atoms with van der Waals surface area (Å²) in [4.78, 5) is 12.8. The minimum absolute atomic E-state index is 0.140. The first kappa shape index (κ1) is 16.9. The quantitative estimate of drug-likeness (QED) is 0.591. The molecule has 0 aromatic rings. The van der Waals surface area contributed by atoms with Gasteiger partial charge in [0.05, 0.1) is 17.8 Å². The molecule has 3 aliphatic rings. The highest BCUT2D eigenvalue weighted by Crippen LogP contribution is 2.56. The summed E-state index contributed by atoms with van der Waals surface area (Å²) < 4.78 is 5.96. The number of rotatable bonds is 1. The molecule has 0 bridgehead atoms. The molecule has 6 atom stereocenters. The third kappa shape index (κ3) is 2.83. The van der Waals surface area contributed by atoms with Crippen molar-refractivity contribution in [1.82, 2.24) is 0 Å². The van der Waals surface area contributed by atoms with E-state index in [1.165, 1.54) is 0 Å². The van der Waals surface area contributed by atoms with Crippen LogP contribution in [0.25, 0.3) is 0 Å². The maximum atomic E-state index is 12.8. The van der Waals surface area contributed by atoms with Gasteiger partial charge >= 0.3 is 0 Å². The van der Waals surface area contributed by atoms with Gasteiger partial charge in [-0.15, -0.1) is 0 Å². The zero-order valence-corrected chi connectivity index (χ0v) is 14.7. The van der Waals surface area contributed by atoms with E-state index in [0.717, 1.165) is 36.8 Å². The van der Waals surface area contributed by atoms with E-state index in [4.69, 9.17) is 4.74 Å². The largest absolute Gasteiger partial charge is 0.389 e. The molecule has 0 aromatic heterocycles. The number of hydrogen-bond donors (Lipinski definition) is 1. The third-order valence-electron chi connectivity index (χ3n) is 6.79. The van der Waals surface area contributed by atoms with Gasteiger partial charge in [-0.25, -0.2) is 0 Å². The van der Waals surface area contributed by atoms with E-state index >= 15 is 0 Å². The predicted molar refractivity (Wildman–Crippen MR) is 91.0 cm³/mol. The van der Waals surface area contributed by atoms with E-state index in [-0.39, 0.29) is 29.0 Å². The molecule has 1 heterocycles. The first-order chi connectivity index (χ1) is 10.7. The fourth-order valence-corrected chi connectivity index (χ4v) is 4.82. The average Bonchev–Trinajstić information content (AvgIpc) is 3.03. The van der Waals surface area contributed by atoms with Crippen molar-refractivity contribution in [2.75, 3.05) is 0 Å². The summed E-state index contributed by atoms with van der Waals surface area (Å²) >= 11 is 0. The summed E-state index contributed by atoms with van der Waals surface area (Å²) in [6.45, 7) is 14.5. The van der Waals surface area contributed by atoms with Gasteiger partial charge in [0.15, 0.2) is 0 Å². The van der Waals surface area contributed by atoms with E-state index in [0.29, 0.717) is 18.6 Å². The van der Waals surface area contributed by atoms with Crippen LogP contribution in [0.3, 0.4) is 0 Å². The molecule has 2 saturated carbocycles. The number of allylic oxidation sites excluding steroid dienone is 1. The summed E-state index contributed by atoms with van der Waals surface area (Å²) in [5.41, 5.74) is 1.49. The maximum Gasteiger partial charge on any atom is 0.139 e.